The van der Waals surface area contributed by atoms with Gasteiger partial charge in [-0.25, -0.2) is 17.7 Å². The molecule has 0 aliphatic rings. The van der Waals surface area contributed by atoms with E-state index in [1.807, 2.05) is 0 Å². The third-order valence-electron chi connectivity index (χ3n) is 3.34. The van der Waals surface area contributed by atoms with Gasteiger partial charge >= 0.3 is 10.6 Å². The van der Waals surface area contributed by atoms with Gasteiger partial charge in [0.1, 0.15) is 5.82 Å². The topological polar surface area (TPSA) is 87.1 Å². The first-order chi connectivity index (χ1) is 11.5. The maximum atomic E-state index is 12.9. The number of nitrogens with zero attached hydrogens (tertiary/aromatic N) is 3. The average Bonchev–Trinajstić information content (AvgIpc) is 2.85. The van der Waals surface area contributed by atoms with Crippen LogP contribution in [0.2, 0.25) is 0 Å². The van der Waals surface area contributed by atoms with Crippen LogP contribution in [0.4, 0.5) is 10.1 Å². The highest BCUT2D eigenvalue weighted by Crippen LogP contribution is 2.14. The lowest BCUT2D eigenvalue weighted by atomic mass is 10.2. The Morgan fingerprint density at radius 3 is 2.25 bits per heavy atom. The number of rotatable bonds is 4. The Bertz CT molecular complexity index is 1000. The van der Waals surface area contributed by atoms with Crippen LogP contribution in [0.3, 0.4) is 0 Å². The van der Waals surface area contributed by atoms with E-state index in [9.17, 15) is 24.1 Å². The first kappa shape index (κ1) is 15.8. The third kappa shape index (κ3) is 3.01. The van der Waals surface area contributed by atoms with Crippen LogP contribution >= 0.6 is 11.5 Å². The van der Waals surface area contributed by atoms with Gasteiger partial charge in [0.15, 0.2) is 0 Å². The molecule has 0 amide bonds. The Morgan fingerprint density at radius 2 is 1.67 bits per heavy atom. The molecule has 0 aliphatic heterocycles. The summed E-state index contributed by atoms with van der Waals surface area (Å²) in [6, 6.07) is 10.8. The highest BCUT2D eigenvalue weighted by molar-refractivity contribution is 7.03. The molecular weight excluding hydrogens is 337 g/mol. The molecule has 122 valence electrons. The molecule has 2 aromatic carbocycles. The fourth-order valence-electron chi connectivity index (χ4n) is 2.13. The number of hydrogen-bond acceptors (Lipinski definition) is 5. The summed E-state index contributed by atoms with van der Waals surface area (Å²) in [6.45, 7) is 0.0223. The average molecular weight is 347 g/mol. The van der Waals surface area contributed by atoms with Gasteiger partial charge in [-0.1, -0.05) is 12.1 Å². The monoisotopic (exact) mass is 347 g/mol. The normalized spacial score (nSPS) is 10.7. The molecular formula is C15H10FN3O4S. The van der Waals surface area contributed by atoms with Gasteiger partial charge in [-0.05, 0) is 29.8 Å². The van der Waals surface area contributed by atoms with Crippen LogP contribution in [0.5, 0.6) is 0 Å². The van der Waals surface area contributed by atoms with Crippen molar-refractivity contribution in [3.63, 3.8) is 0 Å². The lowest BCUT2D eigenvalue weighted by Crippen LogP contribution is -2.28. The van der Waals surface area contributed by atoms with E-state index in [4.69, 9.17) is 0 Å². The molecule has 1 heterocycles. The molecule has 0 aliphatic carbocycles. The van der Waals surface area contributed by atoms with Crippen molar-refractivity contribution in [3.8, 4) is 5.69 Å². The molecule has 0 saturated heterocycles. The van der Waals surface area contributed by atoms with E-state index >= 15 is 0 Å². The van der Waals surface area contributed by atoms with Crippen LogP contribution in [0.25, 0.3) is 5.69 Å². The van der Waals surface area contributed by atoms with Gasteiger partial charge in [-0.3, -0.25) is 14.9 Å². The van der Waals surface area contributed by atoms with Gasteiger partial charge in [-0.15, -0.1) is 0 Å². The zero-order chi connectivity index (χ0) is 17.3. The van der Waals surface area contributed by atoms with Crippen molar-refractivity contribution in [2.24, 2.45) is 0 Å². The fourth-order valence-corrected chi connectivity index (χ4v) is 2.93. The van der Waals surface area contributed by atoms with E-state index in [1.54, 1.807) is 0 Å². The zero-order valence-corrected chi connectivity index (χ0v) is 12.9. The van der Waals surface area contributed by atoms with Gasteiger partial charge < -0.3 is 0 Å². The summed E-state index contributed by atoms with van der Waals surface area (Å²) in [4.78, 5) is 34.1. The first-order valence-electron chi connectivity index (χ1n) is 6.78. The van der Waals surface area contributed by atoms with Crippen molar-refractivity contribution >= 4 is 17.2 Å². The Labute approximate surface area is 138 Å². The standard InChI is InChI=1S/C15H10FN3O4S/c16-11-3-1-10(2-4-11)9-17-14(20)18(24-15(17)21)12-5-7-13(8-6-12)19(22)23/h1-8H,9H2. The number of non-ortho nitro benzene ring substituents is 1. The molecule has 0 N–H and O–H groups in total. The van der Waals surface area contributed by atoms with E-state index < -0.39 is 21.3 Å². The number of halogens is 1. The molecule has 3 aromatic rings. The van der Waals surface area contributed by atoms with Gasteiger partial charge in [0, 0.05) is 23.7 Å². The summed E-state index contributed by atoms with van der Waals surface area (Å²) in [5.41, 5.74) is 0.322. The van der Waals surface area contributed by atoms with Crippen LogP contribution in [0.1, 0.15) is 5.56 Å². The Hall–Kier alpha value is -3.07. The van der Waals surface area contributed by atoms with Gasteiger partial charge in [0.25, 0.3) is 5.69 Å². The van der Waals surface area contributed by atoms with Crippen LogP contribution in [0.15, 0.2) is 58.1 Å². The number of hydrogen-bond donors (Lipinski definition) is 0. The minimum atomic E-state index is -0.553. The van der Waals surface area contributed by atoms with E-state index in [-0.39, 0.29) is 12.2 Å². The molecule has 9 heteroatoms. The summed E-state index contributed by atoms with van der Waals surface area (Å²) >= 11 is 0.698. The highest BCUT2D eigenvalue weighted by Gasteiger charge is 2.13. The summed E-state index contributed by atoms with van der Waals surface area (Å²) in [6.07, 6.45) is 0. The molecule has 0 radical (unpaired) electrons. The Morgan fingerprint density at radius 1 is 1.04 bits per heavy atom. The molecule has 7 nitrogen and oxygen atoms in total. The van der Waals surface area contributed by atoms with Crippen LogP contribution in [-0.4, -0.2) is 13.4 Å². The fraction of sp³-hybridized carbons (Fsp3) is 0.0667. The molecule has 24 heavy (non-hydrogen) atoms. The van der Waals surface area contributed by atoms with Gasteiger partial charge in [0.05, 0.1) is 17.2 Å². The van der Waals surface area contributed by atoms with Crippen molar-refractivity contribution in [1.29, 1.82) is 0 Å². The second-order valence-electron chi connectivity index (χ2n) is 4.92. The SMILES string of the molecule is O=c1sn(-c2ccc([N+](=O)[O-])cc2)c(=O)n1Cc1ccc(F)cc1. The van der Waals surface area contributed by atoms with Crippen LogP contribution < -0.4 is 10.6 Å². The zero-order valence-electron chi connectivity index (χ0n) is 12.1. The smallest absolute Gasteiger partial charge is 0.258 e. The quantitative estimate of drug-likeness (QED) is 0.534. The van der Waals surface area contributed by atoms with Crippen molar-refractivity contribution in [2.75, 3.05) is 0 Å². The second-order valence-corrected chi connectivity index (χ2v) is 5.82. The predicted molar refractivity (Wildman–Crippen MR) is 86.3 cm³/mol. The lowest BCUT2D eigenvalue weighted by Gasteiger charge is -2.01. The van der Waals surface area contributed by atoms with E-state index in [0.717, 1.165) is 8.52 Å². The van der Waals surface area contributed by atoms with Gasteiger partial charge in [-0.2, -0.15) is 0 Å². The molecule has 0 atom stereocenters. The van der Waals surface area contributed by atoms with Crippen molar-refractivity contribution < 1.29 is 9.31 Å². The van der Waals surface area contributed by atoms with Gasteiger partial charge in [0.2, 0.25) is 0 Å². The Balaban J connectivity index is 1.97. The number of aromatic nitrogens is 2. The molecule has 0 saturated carbocycles. The maximum absolute atomic E-state index is 12.9. The van der Waals surface area contributed by atoms with Crippen LogP contribution in [-0.2, 0) is 6.54 Å². The molecule has 3 rings (SSSR count). The molecule has 0 fully saturated rings. The van der Waals surface area contributed by atoms with Crippen molar-refractivity contribution in [3.05, 3.63) is 90.2 Å². The number of nitro benzene ring substituents is 1. The molecule has 0 spiro atoms. The molecule has 0 bridgehead atoms. The van der Waals surface area contributed by atoms with Crippen LogP contribution in [0, 0.1) is 15.9 Å². The van der Waals surface area contributed by atoms with E-state index in [0.29, 0.717) is 22.8 Å². The van der Waals surface area contributed by atoms with E-state index in [2.05, 4.69) is 0 Å². The molecule has 1 aromatic heterocycles. The summed E-state index contributed by atoms with van der Waals surface area (Å²) < 4.78 is 15.1. The third-order valence-corrected chi connectivity index (χ3v) is 4.27. The van der Waals surface area contributed by atoms with Crippen molar-refractivity contribution in [1.82, 2.24) is 8.52 Å². The first-order valence-corrected chi connectivity index (χ1v) is 7.55. The highest BCUT2D eigenvalue weighted by atomic mass is 32.1. The maximum Gasteiger partial charge on any atom is 0.346 e. The number of nitro groups is 1. The largest absolute Gasteiger partial charge is 0.346 e. The second kappa shape index (κ2) is 6.20. The minimum Gasteiger partial charge on any atom is -0.258 e. The predicted octanol–water partition coefficient (Wildman–Crippen LogP) is 2.16. The Kier molecular flexibility index (Phi) is 4.09. The number of benzene rings is 2. The minimum absolute atomic E-state index is 0.0223. The lowest BCUT2D eigenvalue weighted by molar-refractivity contribution is -0.384. The van der Waals surface area contributed by atoms with E-state index in [1.165, 1.54) is 48.5 Å². The van der Waals surface area contributed by atoms with Crippen molar-refractivity contribution in [2.45, 2.75) is 6.54 Å². The summed E-state index contributed by atoms with van der Waals surface area (Å²) in [5, 5.41) is 10.7. The summed E-state index contributed by atoms with van der Waals surface area (Å²) in [5.74, 6) is -0.403. The molecule has 0 unspecified atom stereocenters. The summed E-state index contributed by atoms with van der Waals surface area (Å²) in [7, 11) is 0.